The number of fused-ring (bicyclic) bond motifs is 2. The van der Waals surface area contributed by atoms with Crippen LogP contribution in [-0.4, -0.2) is 85.8 Å². The lowest BCUT2D eigenvalue weighted by Crippen LogP contribution is -2.50. The van der Waals surface area contributed by atoms with Crippen molar-refractivity contribution in [1.82, 2.24) is 14.8 Å². The zero-order valence-electron chi connectivity index (χ0n) is 22.7. The number of ether oxygens (including phenoxy) is 1. The number of carboxylic acids is 2. The Balaban J connectivity index is 1.46. The molecular weight excluding hydrogens is 541 g/mol. The van der Waals surface area contributed by atoms with Crippen molar-refractivity contribution in [2.75, 3.05) is 26.2 Å². The average Bonchev–Trinajstić information content (AvgIpc) is 3.51. The predicted molar refractivity (Wildman–Crippen MR) is 144 cm³/mol. The SMILES string of the molecule is CC(C)N(CC(Cc1cscn1)CN1CCC2(CC1)OCc1ccc(F)cc12)C(=O)CC(O)(CC(=O)O)C(=O)O. The van der Waals surface area contributed by atoms with E-state index in [-0.39, 0.29) is 24.3 Å². The summed E-state index contributed by atoms with van der Waals surface area (Å²) in [7, 11) is 0. The summed E-state index contributed by atoms with van der Waals surface area (Å²) >= 11 is 1.48. The molecule has 2 atom stereocenters. The first-order valence-electron chi connectivity index (χ1n) is 13.4. The molecule has 1 amide bonds. The minimum absolute atomic E-state index is 0.0610. The van der Waals surface area contributed by atoms with Gasteiger partial charge in [0.05, 0.1) is 36.3 Å². The van der Waals surface area contributed by atoms with Crippen LogP contribution in [0.4, 0.5) is 4.39 Å². The molecule has 10 nitrogen and oxygen atoms in total. The minimum Gasteiger partial charge on any atom is -0.481 e. The summed E-state index contributed by atoms with van der Waals surface area (Å²) in [5, 5.41) is 31.0. The van der Waals surface area contributed by atoms with Crippen LogP contribution in [-0.2, 0) is 37.7 Å². The second kappa shape index (κ2) is 12.3. The van der Waals surface area contributed by atoms with Crippen LogP contribution in [0.15, 0.2) is 29.1 Å². The van der Waals surface area contributed by atoms with Crippen LogP contribution in [0.2, 0.25) is 0 Å². The van der Waals surface area contributed by atoms with E-state index >= 15 is 0 Å². The van der Waals surface area contributed by atoms with E-state index in [4.69, 9.17) is 9.84 Å². The van der Waals surface area contributed by atoms with E-state index in [1.807, 2.05) is 5.38 Å². The van der Waals surface area contributed by atoms with Gasteiger partial charge in [-0.2, -0.15) is 0 Å². The second-order valence-electron chi connectivity index (χ2n) is 11.2. The fourth-order valence-corrected chi connectivity index (χ4v) is 6.35. The van der Waals surface area contributed by atoms with Crippen molar-refractivity contribution in [2.24, 2.45) is 5.92 Å². The summed E-state index contributed by atoms with van der Waals surface area (Å²) in [5.74, 6) is -4.21. The van der Waals surface area contributed by atoms with E-state index < -0.39 is 41.9 Å². The van der Waals surface area contributed by atoms with E-state index in [1.54, 1.807) is 31.5 Å². The molecule has 4 rings (SSSR count). The topological polar surface area (TPSA) is 140 Å². The number of aliphatic hydroxyl groups is 1. The number of carbonyl (C=O) groups excluding carboxylic acids is 1. The summed E-state index contributed by atoms with van der Waals surface area (Å²) in [6, 6.07) is 4.52. The molecule has 1 aromatic carbocycles. The second-order valence-corrected chi connectivity index (χ2v) is 11.9. The van der Waals surface area contributed by atoms with Gasteiger partial charge in [0.25, 0.3) is 0 Å². The van der Waals surface area contributed by atoms with Crippen molar-refractivity contribution in [3.05, 3.63) is 51.7 Å². The Hall–Kier alpha value is -2.93. The first-order valence-corrected chi connectivity index (χ1v) is 14.3. The number of carboxylic acid groups (broad SMARTS) is 2. The van der Waals surface area contributed by atoms with Gasteiger partial charge in [0, 0.05) is 37.6 Å². The van der Waals surface area contributed by atoms with Gasteiger partial charge in [0.15, 0.2) is 5.60 Å². The molecule has 2 unspecified atom stereocenters. The molecule has 40 heavy (non-hydrogen) atoms. The van der Waals surface area contributed by atoms with Gasteiger partial charge >= 0.3 is 11.9 Å². The maximum Gasteiger partial charge on any atom is 0.336 e. The van der Waals surface area contributed by atoms with Gasteiger partial charge in [-0.15, -0.1) is 11.3 Å². The fraction of sp³-hybridized carbons (Fsp3) is 0.571. The highest BCUT2D eigenvalue weighted by Crippen LogP contribution is 2.44. The third-order valence-electron chi connectivity index (χ3n) is 7.91. The lowest BCUT2D eigenvalue weighted by molar-refractivity contribution is -0.169. The van der Waals surface area contributed by atoms with E-state index in [9.17, 15) is 29.0 Å². The number of rotatable bonds is 12. The number of likely N-dealkylation sites (tertiary alicyclic amines) is 1. The zero-order valence-corrected chi connectivity index (χ0v) is 23.5. The standard InChI is InChI=1S/C28H36FN3O7S/c1-18(2)32(24(33)11-27(38,26(36)37)12-25(34)35)14-19(9-22-16-40-17-30-22)13-31-7-5-28(6-8-31)23-10-21(29)4-3-20(23)15-39-28/h3-4,10,16-19,38H,5-9,11-15H2,1-2H3,(H,34,35)(H,36,37). The third-order valence-corrected chi connectivity index (χ3v) is 8.55. The quantitative estimate of drug-likeness (QED) is 0.347. The predicted octanol–water partition coefficient (Wildman–Crippen LogP) is 2.88. The molecule has 0 saturated carbocycles. The van der Waals surface area contributed by atoms with Gasteiger partial charge in [-0.25, -0.2) is 14.2 Å². The molecule has 0 radical (unpaired) electrons. The van der Waals surface area contributed by atoms with Gasteiger partial charge < -0.3 is 29.9 Å². The highest BCUT2D eigenvalue weighted by atomic mass is 32.1. The smallest absolute Gasteiger partial charge is 0.336 e. The molecule has 2 aliphatic rings. The van der Waals surface area contributed by atoms with Crippen LogP contribution in [0.5, 0.6) is 0 Å². The molecule has 2 aromatic rings. The number of thiazole rings is 1. The van der Waals surface area contributed by atoms with Crippen molar-refractivity contribution < 1.29 is 38.8 Å². The highest BCUT2D eigenvalue weighted by Gasteiger charge is 2.44. The summed E-state index contributed by atoms with van der Waals surface area (Å²) in [4.78, 5) is 44.3. The van der Waals surface area contributed by atoms with Gasteiger partial charge in [-0.3, -0.25) is 9.59 Å². The normalized spacial score (nSPS) is 18.8. The minimum atomic E-state index is -2.70. The van der Waals surface area contributed by atoms with Crippen molar-refractivity contribution >= 4 is 29.2 Å². The molecule has 1 spiro atoms. The molecule has 1 fully saturated rings. The number of benzene rings is 1. The van der Waals surface area contributed by atoms with Gasteiger partial charge in [-0.05, 0) is 62.3 Å². The molecule has 1 aromatic heterocycles. The number of nitrogens with zero attached hydrogens (tertiary/aromatic N) is 3. The summed E-state index contributed by atoms with van der Waals surface area (Å²) in [6.45, 7) is 6.42. The number of hydrogen-bond donors (Lipinski definition) is 3. The third kappa shape index (κ3) is 6.85. The van der Waals surface area contributed by atoms with Crippen molar-refractivity contribution in [1.29, 1.82) is 0 Å². The Morgan fingerprint density at radius 1 is 1.23 bits per heavy atom. The number of aliphatic carboxylic acids is 2. The van der Waals surface area contributed by atoms with E-state index in [1.165, 1.54) is 22.3 Å². The number of amides is 1. The number of halogens is 1. The maximum absolute atomic E-state index is 14.0. The first-order chi connectivity index (χ1) is 18.9. The average molecular weight is 578 g/mol. The number of carbonyl (C=O) groups is 3. The van der Waals surface area contributed by atoms with Gasteiger partial charge in [0.2, 0.25) is 5.91 Å². The Kier molecular flexibility index (Phi) is 9.23. The molecular formula is C28H36FN3O7S. The molecule has 3 N–H and O–H groups in total. The van der Waals surface area contributed by atoms with Crippen molar-refractivity contribution in [3.8, 4) is 0 Å². The Morgan fingerprint density at radius 3 is 2.55 bits per heavy atom. The first kappa shape index (κ1) is 30.0. The number of hydrogen-bond acceptors (Lipinski definition) is 8. The van der Waals surface area contributed by atoms with E-state index in [0.717, 1.165) is 29.9 Å². The summed E-state index contributed by atoms with van der Waals surface area (Å²) in [5.41, 5.74) is 1.38. The van der Waals surface area contributed by atoms with Crippen molar-refractivity contribution in [3.63, 3.8) is 0 Å². The number of piperidine rings is 1. The Labute approximate surface area is 236 Å². The summed E-state index contributed by atoms with van der Waals surface area (Å²) < 4.78 is 20.2. The molecule has 218 valence electrons. The van der Waals surface area contributed by atoms with Crippen LogP contribution in [0.3, 0.4) is 0 Å². The van der Waals surface area contributed by atoms with E-state index in [0.29, 0.717) is 32.4 Å². The number of aromatic nitrogens is 1. The lowest BCUT2D eigenvalue weighted by Gasteiger charge is -2.41. The molecule has 0 aliphatic carbocycles. The van der Waals surface area contributed by atoms with Gasteiger partial charge in [0.1, 0.15) is 5.82 Å². The molecule has 1 saturated heterocycles. The van der Waals surface area contributed by atoms with Crippen LogP contribution < -0.4 is 0 Å². The van der Waals surface area contributed by atoms with Crippen LogP contribution in [0.1, 0.15) is 56.4 Å². The molecule has 0 bridgehead atoms. The van der Waals surface area contributed by atoms with Crippen LogP contribution >= 0.6 is 11.3 Å². The van der Waals surface area contributed by atoms with Gasteiger partial charge in [-0.1, -0.05) is 6.07 Å². The molecule has 2 aliphatic heterocycles. The lowest BCUT2D eigenvalue weighted by atomic mass is 9.83. The Bertz CT molecular complexity index is 1220. The maximum atomic E-state index is 14.0. The van der Waals surface area contributed by atoms with Crippen LogP contribution in [0.25, 0.3) is 0 Å². The zero-order chi connectivity index (χ0) is 29.1. The highest BCUT2D eigenvalue weighted by molar-refractivity contribution is 7.07. The largest absolute Gasteiger partial charge is 0.481 e. The molecule has 12 heteroatoms. The summed E-state index contributed by atoms with van der Waals surface area (Å²) in [6.07, 6.45) is 0.0915. The Morgan fingerprint density at radius 2 is 1.95 bits per heavy atom. The fourth-order valence-electron chi connectivity index (χ4n) is 5.78. The molecule has 3 heterocycles. The van der Waals surface area contributed by atoms with E-state index in [2.05, 4.69) is 9.88 Å². The van der Waals surface area contributed by atoms with Crippen LogP contribution in [0, 0.1) is 11.7 Å². The monoisotopic (exact) mass is 577 g/mol. The van der Waals surface area contributed by atoms with Crippen molar-refractivity contribution in [2.45, 2.75) is 69.8 Å².